The zero-order chi connectivity index (χ0) is 10.8. The summed E-state index contributed by atoms with van der Waals surface area (Å²) in [5, 5.41) is 5.26. The van der Waals surface area contributed by atoms with Crippen LogP contribution in [-0.2, 0) is 6.54 Å². The molecule has 0 spiro atoms. The van der Waals surface area contributed by atoms with Crippen LogP contribution < -0.4 is 5.73 Å². The molecule has 0 aliphatic heterocycles. The van der Waals surface area contributed by atoms with Crippen molar-refractivity contribution in [2.24, 2.45) is 5.73 Å². The summed E-state index contributed by atoms with van der Waals surface area (Å²) in [7, 11) is 0. The number of aromatic nitrogens is 2. The first-order valence-electron chi connectivity index (χ1n) is 4.40. The Morgan fingerprint density at radius 3 is 2.67 bits per heavy atom. The van der Waals surface area contributed by atoms with Crippen molar-refractivity contribution in [3.05, 3.63) is 46.2 Å². The first-order chi connectivity index (χ1) is 7.20. The highest BCUT2D eigenvalue weighted by molar-refractivity contribution is 6.32. The number of hydrogen-bond donors (Lipinski definition) is 1. The van der Waals surface area contributed by atoms with E-state index in [0.29, 0.717) is 16.6 Å². The Hall–Kier alpha value is -1.03. The average Bonchev–Trinajstić information content (AvgIpc) is 2.64. The normalized spacial score (nSPS) is 10.6. The standard InChI is InChI=1S/C10H9Cl2N3/c11-8-5-14-15(6-8)10-2-1-7(4-13)3-9(10)12/h1-3,5-6H,4,13H2. The van der Waals surface area contributed by atoms with E-state index >= 15 is 0 Å². The second-order valence-corrected chi connectivity index (χ2v) is 3.94. The van der Waals surface area contributed by atoms with Gasteiger partial charge in [-0.15, -0.1) is 0 Å². The summed E-state index contributed by atoms with van der Waals surface area (Å²) in [6, 6.07) is 5.61. The van der Waals surface area contributed by atoms with Crippen LogP contribution in [0.4, 0.5) is 0 Å². The molecule has 1 aromatic carbocycles. The monoisotopic (exact) mass is 241 g/mol. The number of halogens is 2. The van der Waals surface area contributed by atoms with Crippen LogP contribution in [0.2, 0.25) is 10.0 Å². The molecule has 0 fully saturated rings. The predicted octanol–water partition coefficient (Wildman–Crippen LogP) is 2.64. The molecule has 0 unspecified atom stereocenters. The van der Waals surface area contributed by atoms with Crippen molar-refractivity contribution in [3.8, 4) is 5.69 Å². The summed E-state index contributed by atoms with van der Waals surface area (Å²) in [6.45, 7) is 0.472. The maximum absolute atomic E-state index is 6.09. The first-order valence-corrected chi connectivity index (χ1v) is 5.15. The van der Waals surface area contributed by atoms with Crippen molar-refractivity contribution in [1.82, 2.24) is 9.78 Å². The van der Waals surface area contributed by atoms with Crippen LogP contribution in [0.1, 0.15) is 5.56 Å². The second kappa shape index (κ2) is 4.23. The van der Waals surface area contributed by atoms with Crippen LogP contribution in [-0.4, -0.2) is 9.78 Å². The van der Waals surface area contributed by atoms with Gasteiger partial charge in [-0.1, -0.05) is 29.3 Å². The Balaban J connectivity index is 2.45. The van der Waals surface area contributed by atoms with Gasteiger partial charge in [0.05, 0.1) is 21.9 Å². The van der Waals surface area contributed by atoms with E-state index < -0.39 is 0 Å². The van der Waals surface area contributed by atoms with E-state index in [-0.39, 0.29) is 0 Å². The minimum absolute atomic E-state index is 0.472. The second-order valence-electron chi connectivity index (χ2n) is 3.09. The predicted molar refractivity (Wildman–Crippen MR) is 61.5 cm³/mol. The van der Waals surface area contributed by atoms with Gasteiger partial charge >= 0.3 is 0 Å². The molecule has 2 aromatic rings. The van der Waals surface area contributed by atoms with Crippen molar-refractivity contribution in [3.63, 3.8) is 0 Å². The number of hydrogen-bond acceptors (Lipinski definition) is 2. The number of nitrogens with two attached hydrogens (primary N) is 1. The SMILES string of the molecule is NCc1ccc(-n2cc(Cl)cn2)c(Cl)c1. The molecule has 2 N–H and O–H groups in total. The van der Waals surface area contributed by atoms with Crippen LogP contribution in [0.25, 0.3) is 5.69 Å². The highest BCUT2D eigenvalue weighted by Crippen LogP contribution is 2.22. The summed E-state index contributed by atoms with van der Waals surface area (Å²) in [4.78, 5) is 0. The van der Waals surface area contributed by atoms with Gasteiger partial charge in [0, 0.05) is 12.7 Å². The first kappa shape index (κ1) is 10.5. The highest BCUT2D eigenvalue weighted by Gasteiger charge is 2.04. The van der Waals surface area contributed by atoms with Gasteiger partial charge in [-0.3, -0.25) is 0 Å². The molecule has 0 saturated heterocycles. The molecule has 5 heteroatoms. The molecule has 0 bridgehead atoms. The van der Waals surface area contributed by atoms with Gasteiger partial charge in [0.25, 0.3) is 0 Å². The fourth-order valence-corrected chi connectivity index (χ4v) is 1.72. The zero-order valence-corrected chi connectivity index (χ0v) is 9.33. The van der Waals surface area contributed by atoms with E-state index in [2.05, 4.69) is 5.10 Å². The summed E-state index contributed by atoms with van der Waals surface area (Å²) in [5.41, 5.74) is 7.29. The van der Waals surface area contributed by atoms with Gasteiger partial charge in [-0.25, -0.2) is 4.68 Å². The van der Waals surface area contributed by atoms with Crippen molar-refractivity contribution in [2.45, 2.75) is 6.54 Å². The molecule has 78 valence electrons. The lowest BCUT2D eigenvalue weighted by atomic mass is 10.2. The lowest BCUT2D eigenvalue weighted by molar-refractivity contribution is 0.879. The Bertz CT molecular complexity index is 479. The van der Waals surface area contributed by atoms with Crippen molar-refractivity contribution >= 4 is 23.2 Å². The van der Waals surface area contributed by atoms with Crippen LogP contribution >= 0.6 is 23.2 Å². The molecule has 0 aliphatic rings. The Kier molecular flexibility index (Phi) is 2.95. The fraction of sp³-hybridized carbons (Fsp3) is 0.100. The largest absolute Gasteiger partial charge is 0.326 e. The van der Waals surface area contributed by atoms with Crippen LogP contribution in [0, 0.1) is 0 Å². The van der Waals surface area contributed by atoms with E-state index in [1.54, 1.807) is 17.1 Å². The summed E-state index contributed by atoms with van der Waals surface area (Å²) in [5.74, 6) is 0. The smallest absolute Gasteiger partial charge is 0.0832 e. The Labute approximate surface area is 97.4 Å². The average molecular weight is 242 g/mol. The van der Waals surface area contributed by atoms with Crippen LogP contribution in [0.5, 0.6) is 0 Å². The quantitative estimate of drug-likeness (QED) is 0.879. The van der Waals surface area contributed by atoms with E-state index in [9.17, 15) is 0 Å². The molecule has 1 heterocycles. The van der Waals surface area contributed by atoms with Gasteiger partial charge in [0.2, 0.25) is 0 Å². The molecular weight excluding hydrogens is 233 g/mol. The third-order valence-corrected chi connectivity index (χ3v) is 2.54. The molecule has 0 saturated carbocycles. The summed E-state index contributed by atoms with van der Waals surface area (Å²) >= 11 is 11.9. The van der Waals surface area contributed by atoms with E-state index in [4.69, 9.17) is 28.9 Å². The van der Waals surface area contributed by atoms with Gasteiger partial charge in [-0.2, -0.15) is 5.10 Å². The zero-order valence-electron chi connectivity index (χ0n) is 7.82. The fourth-order valence-electron chi connectivity index (χ4n) is 1.30. The molecule has 2 rings (SSSR count). The molecular formula is C10H9Cl2N3. The van der Waals surface area contributed by atoms with E-state index in [0.717, 1.165) is 11.3 Å². The Morgan fingerprint density at radius 2 is 2.13 bits per heavy atom. The van der Waals surface area contributed by atoms with Crippen LogP contribution in [0.15, 0.2) is 30.6 Å². The lowest BCUT2D eigenvalue weighted by Gasteiger charge is -2.05. The molecule has 0 amide bonds. The number of nitrogens with zero attached hydrogens (tertiary/aromatic N) is 2. The maximum Gasteiger partial charge on any atom is 0.0832 e. The van der Waals surface area contributed by atoms with Gasteiger partial charge in [-0.05, 0) is 17.7 Å². The van der Waals surface area contributed by atoms with E-state index in [1.165, 1.54) is 0 Å². The van der Waals surface area contributed by atoms with Crippen LogP contribution in [0.3, 0.4) is 0 Å². The van der Waals surface area contributed by atoms with Gasteiger partial charge in [0.1, 0.15) is 0 Å². The molecule has 0 radical (unpaired) electrons. The number of benzene rings is 1. The highest BCUT2D eigenvalue weighted by atomic mass is 35.5. The molecule has 0 aliphatic carbocycles. The van der Waals surface area contributed by atoms with Crippen molar-refractivity contribution in [1.29, 1.82) is 0 Å². The maximum atomic E-state index is 6.09. The third-order valence-electron chi connectivity index (χ3n) is 2.05. The minimum Gasteiger partial charge on any atom is -0.326 e. The molecule has 15 heavy (non-hydrogen) atoms. The van der Waals surface area contributed by atoms with Gasteiger partial charge < -0.3 is 5.73 Å². The Morgan fingerprint density at radius 1 is 1.33 bits per heavy atom. The third kappa shape index (κ3) is 2.15. The lowest BCUT2D eigenvalue weighted by Crippen LogP contribution is -1.99. The van der Waals surface area contributed by atoms with Crippen molar-refractivity contribution < 1.29 is 0 Å². The van der Waals surface area contributed by atoms with Crippen molar-refractivity contribution in [2.75, 3.05) is 0 Å². The van der Waals surface area contributed by atoms with Gasteiger partial charge in [0.15, 0.2) is 0 Å². The molecule has 3 nitrogen and oxygen atoms in total. The number of rotatable bonds is 2. The summed E-state index contributed by atoms with van der Waals surface area (Å²) in [6.07, 6.45) is 3.26. The summed E-state index contributed by atoms with van der Waals surface area (Å²) < 4.78 is 1.63. The molecule has 0 atom stereocenters. The molecule has 1 aromatic heterocycles. The van der Waals surface area contributed by atoms with E-state index in [1.807, 2.05) is 18.2 Å². The topological polar surface area (TPSA) is 43.8 Å². The minimum atomic E-state index is 0.472.